The SMILES string of the molecule is Cc1ccccc1C(=O)O[C@H](C(=O)c1ccccc1)c1ccccc1. The molecule has 3 heteroatoms. The predicted molar refractivity (Wildman–Crippen MR) is 96.6 cm³/mol. The molecule has 0 bridgehead atoms. The highest BCUT2D eigenvalue weighted by atomic mass is 16.5. The van der Waals surface area contributed by atoms with Gasteiger partial charge in [0.1, 0.15) is 0 Å². The molecule has 0 amide bonds. The number of hydrogen-bond acceptors (Lipinski definition) is 3. The fraction of sp³-hybridized carbons (Fsp3) is 0.0909. The van der Waals surface area contributed by atoms with Crippen molar-refractivity contribution in [3.05, 3.63) is 107 Å². The maximum atomic E-state index is 12.9. The number of ether oxygens (including phenoxy) is 1. The van der Waals surface area contributed by atoms with Gasteiger partial charge in [-0.25, -0.2) is 4.79 Å². The van der Waals surface area contributed by atoms with Crippen molar-refractivity contribution in [3.8, 4) is 0 Å². The van der Waals surface area contributed by atoms with Crippen LogP contribution in [0.4, 0.5) is 0 Å². The Kier molecular flexibility index (Phi) is 5.05. The minimum absolute atomic E-state index is 0.242. The Morgan fingerprint density at radius 1 is 0.760 bits per heavy atom. The van der Waals surface area contributed by atoms with Gasteiger partial charge in [-0.15, -0.1) is 0 Å². The minimum Gasteiger partial charge on any atom is -0.445 e. The van der Waals surface area contributed by atoms with E-state index in [9.17, 15) is 9.59 Å². The van der Waals surface area contributed by atoms with Crippen LogP contribution >= 0.6 is 0 Å². The Morgan fingerprint density at radius 2 is 1.32 bits per heavy atom. The van der Waals surface area contributed by atoms with Crippen LogP contribution in [0, 0.1) is 6.92 Å². The quantitative estimate of drug-likeness (QED) is 0.500. The van der Waals surface area contributed by atoms with Gasteiger partial charge in [-0.2, -0.15) is 0 Å². The predicted octanol–water partition coefficient (Wildman–Crippen LogP) is 4.78. The smallest absolute Gasteiger partial charge is 0.339 e. The molecule has 0 saturated carbocycles. The lowest BCUT2D eigenvalue weighted by molar-refractivity contribution is 0.0279. The highest BCUT2D eigenvalue weighted by Gasteiger charge is 2.27. The third kappa shape index (κ3) is 3.83. The minimum atomic E-state index is -0.976. The number of ketones is 1. The molecule has 0 fully saturated rings. The summed E-state index contributed by atoms with van der Waals surface area (Å²) in [5.41, 5.74) is 2.43. The fourth-order valence-electron chi connectivity index (χ4n) is 2.63. The number of hydrogen-bond donors (Lipinski definition) is 0. The Labute approximate surface area is 146 Å². The summed E-state index contributed by atoms with van der Waals surface area (Å²) < 4.78 is 5.63. The van der Waals surface area contributed by atoms with Crippen molar-refractivity contribution in [3.63, 3.8) is 0 Å². The van der Waals surface area contributed by atoms with Gasteiger partial charge in [-0.1, -0.05) is 78.9 Å². The summed E-state index contributed by atoms with van der Waals surface area (Å²) in [6, 6.07) is 25.1. The molecular weight excluding hydrogens is 312 g/mol. The molecule has 0 aliphatic heterocycles. The first-order valence-electron chi connectivity index (χ1n) is 8.07. The summed E-state index contributed by atoms with van der Waals surface area (Å²) in [7, 11) is 0. The lowest BCUT2D eigenvalue weighted by Crippen LogP contribution is -2.20. The normalized spacial score (nSPS) is 11.6. The first kappa shape index (κ1) is 16.7. The third-order valence-corrected chi connectivity index (χ3v) is 3.99. The summed E-state index contributed by atoms with van der Waals surface area (Å²) in [5.74, 6) is -0.745. The van der Waals surface area contributed by atoms with Crippen molar-refractivity contribution in [2.75, 3.05) is 0 Å². The van der Waals surface area contributed by atoms with Gasteiger partial charge in [0.2, 0.25) is 5.78 Å². The number of esters is 1. The van der Waals surface area contributed by atoms with E-state index in [1.807, 2.05) is 43.3 Å². The average Bonchev–Trinajstić information content (AvgIpc) is 2.67. The van der Waals surface area contributed by atoms with Gasteiger partial charge < -0.3 is 4.74 Å². The van der Waals surface area contributed by atoms with E-state index in [2.05, 4.69) is 0 Å². The Balaban J connectivity index is 1.94. The van der Waals surface area contributed by atoms with Crippen LogP contribution in [-0.4, -0.2) is 11.8 Å². The topological polar surface area (TPSA) is 43.4 Å². The molecule has 0 aromatic heterocycles. The van der Waals surface area contributed by atoms with E-state index in [1.165, 1.54) is 0 Å². The Bertz CT molecular complexity index is 870. The Hall–Kier alpha value is -3.20. The van der Waals surface area contributed by atoms with Crippen LogP contribution in [0.5, 0.6) is 0 Å². The van der Waals surface area contributed by atoms with Gasteiger partial charge in [0, 0.05) is 11.1 Å². The van der Waals surface area contributed by atoms with Gasteiger partial charge in [0.15, 0.2) is 6.10 Å². The van der Waals surface area contributed by atoms with Gasteiger partial charge >= 0.3 is 5.97 Å². The number of rotatable bonds is 5. The zero-order valence-corrected chi connectivity index (χ0v) is 13.9. The van der Waals surface area contributed by atoms with E-state index in [-0.39, 0.29) is 5.78 Å². The second-order valence-electron chi connectivity index (χ2n) is 5.74. The maximum absolute atomic E-state index is 12.9. The van der Waals surface area contributed by atoms with E-state index < -0.39 is 12.1 Å². The third-order valence-electron chi connectivity index (χ3n) is 3.99. The van der Waals surface area contributed by atoms with Crippen LogP contribution in [0.15, 0.2) is 84.9 Å². The lowest BCUT2D eigenvalue weighted by Gasteiger charge is -2.18. The molecule has 0 heterocycles. The molecule has 25 heavy (non-hydrogen) atoms. The number of carbonyl (C=O) groups excluding carboxylic acids is 2. The standard InChI is InChI=1S/C22H18O3/c1-16-10-8-9-15-19(16)22(24)25-21(18-13-6-3-7-14-18)20(23)17-11-4-2-5-12-17/h2-15,21H,1H3/t21-/m0/s1. The van der Waals surface area contributed by atoms with Crippen molar-refractivity contribution >= 4 is 11.8 Å². The zero-order valence-electron chi connectivity index (χ0n) is 13.9. The molecule has 0 aliphatic rings. The number of Topliss-reactive ketones (excluding diaryl/α,β-unsaturated/α-hetero) is 1. The highest BCUT2D eigenvalue weighted by molar-refractivity contribution is 6.02. The second-order valence-corrected chi connectivity index (χ2v) is 5.74. The molecule has 0 aliphatic carbocycles. The molecule has 3 aromatic carbocycles. The second kappa shape index (κ2) is 7.58. The molecule has 1 atom stereocenters. The van der Waals surface area contributed by atoms with Crippen LogP contribution in [0.3, 0.4) is 0 Å². The van der Waals surface area contributed by atoms with Gasteiger partial charge in [0.25, 0.3) is 0 Å². The van der Waals surface area contributed by atoms with Gasteiger partial charge in [0.05, 0.1) is 5.56 Å². The molecule has 3 rings (SSSR count). The van der Waals surface area contributed by atoms with E-state index >= 15 is 0 Å². The van der Waals surface area contributed by atoms with Crippen LogP contribution in [0.1, 0.15) is 37.9 Å². The van der Waals surface area contributed by atoms with E-state index in [0.717, 1.165) is 5.56 Å². The summed E-state index contributed by atoms with van der Waals surface area (Å²) in [6.07, 6.45) is -0.976. The van der Waals surface area contributed by atoms with Crippen molar-refractivity contribution < 1.29 is 14.3 Å². The van der Waals surface area contributed by atoms with E-state index in [0.29, 0.717) is 16.7 Å². The number of benzene rings is 3. The molecule has 3 nitrogen and oxygen atoms in total. The zero-order chi connectivity index (χ0) is 17.6. The van der Waals surface area contributed by atoms with Crippen molar-refractivity contribution in [1.29, 1.82) is 0 Å². The largest absolute Gasteiger partial charge is 0.445 e. The molecule has 0 unspecified atom stereocenters. The number of carbonyl (C=O) groups is 2. The van der Waals surface area contributed by atoms with Crippen LogP contribution < -0.4 is 0 Å². The Morgan fingerprint density at radius 3 is 1.96 bits per heavy atom. The first-order chi connectivity index (χ1) is 12.2. The summed E-state index contributed by atoms with van der Waals surface area (Å²) in [6.45, 7) is 1.84. The summed E-state index contributed by atoms with van der Waals surface area (Å²) >= 11 is 0. The lowest BCUT2D eigenvalue weighted by atomic mass is 9.99. The monoisotopic (exact) mass is 330 g/mol. The first-order valence-corrected chi connectivity index (χ1v) is 8.07. The van der Waals surface area contributed by atoms with Crippen molar-refractivity contribution in [2.24, 2.45) is 0 Å². The molecule has 124 valence electrons. The van der Waals surface area contributed by atoms with E-state index in [1.54, 1.807) is 48.5 Å². The van der Waals surface area contributed by atoms with Crippen LogP contribution in [-0.2, 0) is 4.74 Å². The van der Waals surface area contributed by atoms with Gasteiger partial charge in [-0.3, -0.25) is 4.79 Å². The van der Waals surface area contributed by atoms with Crippen molar-refractivity contribution in [2.45, 2.75) is 13.0 Å². The molecular formula is C22H18O3. The van der Waals surface area contributed by atoms with Crippen molar-refractivity contribution in [1.82, 2.24) is 0 Å². The molecule has 0 spiro atoms. The van der Waals surface area contributed by atoms with Gasteiger partial charge in [-0.05, 0) is 18.6 Å². The molecule has 3 aromatic rings. The summed E-state index contributed by atoms with van der Waals surface area (Å²) in [5, 5.41) is 0. The molecule has 0 saturated heterocycles. The average molecular weight is 330 g/mol. The molecule has 0 N–H and O–H groups in total. The number of aryl methyl sites for hydroxylation is 1. The van der Waals surface area contributed by atoms with Crippen LogP contribution in [0.25, 0.3) is 0 Å². The van der Waals surface area contributed by atoms with E-state index in [4.69, 9.17) is 4.74 Å². The maximum Gasteiger partial charge on any atom is 0.339 e. The fourth-order valence-corrected chi connectivity index (χ4v) is 2.63. The molecule has 0 radical (unpaired) electrons. The van der Waals surface area contributed by atoms with Crippen LogP contribution in [0.2, 0.25) is 0 Å². The summed E-state index contributed by atoms with van der Waals surface area (Å²) in [4.78, 5) is 25.5. The highest BCUT2D eigenvalue weighted by Crippen LogP contribution is 2.24.